The lowest BCUT2D eigenvalue weighted by Gasteiger charge is -2.37. The zero-order chi connectivity index (χ0) is 20.2. The Bertz CT molecular complexity index is 477. The molecule has 1 saturated heterocycles. The van der Waals surface area contributed by atoms with Crippen molar-refractivity contribution < 1.29 is 24.1 Å². The number of carbonyl (C=O) groups is 1. The van der Waals surface area contributed by atoms with Crippen molar-refractivity contribution in [3.05, 3.63) is 0 Å². The highest BCUT2D eigenvalue weighted by Crippen LogP contribution is 2.55. The summed E-state index contributed by atoms with van der Waals surface area (Å²) in [4.78, 5) is 12.4. The van der Waals surface area contributed by atoms with E-state index in [0.717, 1.165) is 32.1 Å². The van der Waals surface area contributed by atoms with Crippen LogP contribution < -0.4 is 0 Å². The lowest BCUT2D eigenvalue weighted by Crippen LogP contribution is -2.44. The van der Waals surface area contributed by atoms with Crippen molar-refractivity contribution in [3.63, 3.8) is 0 Å². The number of carbonyl (C=O) groups excluding carboxylic acids is 1. The second-order valence-electron chi connectivity index (χ2n) is 9.11. The minimum absolute atomic E-state index is 0.0278. The van der Waals surface area contributed by atoms with E-state index in [1.165, 1.54) is 0 Å². The van der Waals surface area contributed by atoms with E-state index in [9.17, 15) is 9.90 Å². The van der Waals surface area contributed by atoms with Gasteiger partial charge in [0.1, 0.15) is 0 Å². The molecule has 1 aliphatic carbocycles. The fourth-order valence-electron chi connectivity index (χ4n) is 4.03. The van der Waals surface area contributed by atoms with Gasteiger partial charge >= 0.3 is 5.97 Å². The Morgan fingerprint density at radius 1 is 1.30 bits per heavy atom. The number of esters is 1. The van der Waals surface area contributed by atoms with E-state index in [1.807, 2.05) is 13.8 Å². The number of rotatable bonds is 10. The molecule has 1 aliphatic heterocycles. The maximum atomic E-state index is 12.4. The van der Waals surface area contributed by atoms with E-state index in [1.54, 1.807) is 0 Å². The summed E-state index contributed by atoms with van der Waals surface area (Å²) >= 11 is 0. The van der Waals surface area contributed by atoms with Crippen molar-refractivity contribution in [1.29, 1.82) is 0 Å². The van der Waals surface area contributed by atoms with Crippen LogP contribution in [0.3, 0.4) is 0 Å². The monoisotopic (exact) mass is 384 g/mol. The molecule has 0 aromatic heterocycles. The fraction of sp³-hybridized carbons (Fsp3) is 0.955. The Labute approximate surface area is 165 Å². The topological polar surface area (TPSA) is 65.0 Å². The number of hydrogen-bond acceptors (Lipinski definition) is 5. The van der Waals surface area contributed by atoms with Crippen LogP contribution in [0.15, 0.2) is 0 Å². The van der Waals surface area contributed by atoms with Gasteiger partial charge in [-0.25, -0.2) is 0 Å². The molecule has 2 rings (SSSR count). The van der Waals surface area contributed by atoms with Crippen LogP contribution in [0.2, 0.25) is 0 Å². The summed E-state index contributed by atoms with van der Waals surface area (Å²) in [5.41, 5.74) is -0.307. The standard InChI is InChI=1S/C22H40O5/c1-7-17(8-2)13-25-21(24)22(6)12-18(22)10-9-15(4)26-20-14(3)11-19(23)16(5)27-20/h14-20,23H,7-13H2,1-6H3/t14-,15-,16+,18-,19-,20-,22+/m1/s1. The third kappa shape index (κ3) is 5.91. The summed E-state index contributed by atoms with van der Waals surface area (Å²) < 4.78 is 17.5. The molecule has 27 heavy (non-hydrogen) atoms. The Kier molecular flexibility index (Phi) is 8.14. The summed E-state index contributed by atoms with van der Waals surface area (Å²) in [5.74, 6) is 1.02. The highest BCUT2D eigenvalue weighted by molar-refractivity contribution is 5.80. The Morgan fingerprint density at radius 3 is 2.59 bits per heavy atom. The first-order valence-electron chi connectivity index (χ1n) is 10.9. The van der Waals surface area contributed by atoms with Crippen LogP contribution in [0.1, 0.15) is 80.1 Å². The maximum Gasteiger partial charge on any atom is 0.312 e. The first-order valence-corrected chi connectivity index (χ1v) is 10.9. The van der Waals surface area contributed by atoms with E-state index in [4.69, 9.17) is 14.2 Å². The number of ether oxygens (including phenoxy) is 3. The number of aliphatic hydroxyl groups is 1. The molecule has 0 aromatic rings. The quantitative estimate of drug-likeness (QED) is 0.569. The van der Waals surface area contributed by atoms with Gasteiger partial charge in [-0.15, -0.1) is 0 Å². The van der Waals surface area contributed by atoms with Gasteiger partial charge in [-0.2, -0.15) is 0 Å². The van der Waals surface area contributed by atoms with Gasteiger partial charge in [0, 0.05) is 5.92 Å². The van der Waals surface area contributed by atoms with Crippen molar-refractivity contribution >= 4 is 5.97 Å². The third-order valence-electron chi connectivity index (χ3n) is 6.74. The summed E-state index contributed by atoms with van der Waals surface area (Å²) in [6.45, 7) is 12.9. The minimum atomic E-state index is -0.409. The fourth-order valence-corrected chi connectivity index (χ4v) is 4.03. The number of aliphatic hydroxyl groups excluding tert-OH is 1. The lowest BCUT2D eigenvalue weighted by molar-refractivity contribution is -0.255. The smallest absolute Gasteiger partial charge is 0.312 e. The molecule has 2 fully saturated rings. The van der Waals surface area contributed by atoms with Gasteiger partial charge in [-0.3, -0.25) is 4.79 Å². The molecule has 1 saturated carbocycles. The highest BCUT2D eigenvalue weighted by Gasteiger charge is 2.56. The van der Waals surface area contributed by atoms with Crippen LogP contribution in [-0.2, 0) is 19.0 Å². The van der Waals surface area contributed by atoms with Crippen LogP contribution in [0, 0.1) is 23.2 Å². The highest BCUT2D eigenvalue weighted by atomic mass is 16.7. The average molecular weight is 385 g/mol. The molecule has 158 valence electrons. The molecule has 0 aromatic carbocycles. The summed E-state index contributed by atoms with van der Waals surface area (Å²) in [5, 5.41) is 9.88. The summed E-state index contributed by atoms with van der Waals surface area (Å²) in [6, 6.07) is 0. The predicted molar refractivity (Wildman–Crippen MR) is 105 cm³/mol. The van der Waals surface area contributed by atoms with Crippen molar-refractivity contribution in [1.82, 2.24) is 0 Å². The van der Waals surface area contributed by atoms with E-state index >= 15 is 0 Å². The van der Waals surface area contributed by atoms with Crippen molar-refractivity contribution in [2.75, 3.05) is 6.61 Å². The second kappa shape index (κ2) is 9.71. The molecule has 0 radical (unpaired) electrons. The summed E-state index contributed by atoms with van der Waals surface area (Å²) in [7, 11) is 0. The van der Waals surface area contributed by atoms with Gasteiger partial charge in [0.05, 0.1) is 30.3 Å². The van der Waals surface area contributed by atoms with E-state index in [-0.39, 0.29) is 35.8 Å². The van der Waals surface area contributed by atoms with Gasteiger partial charge < -0.3 is 19.3 Å². The van der Waals surface area contributed by atoms with Crippen molar-refractivity contribution in [2.24, 2.45) is 23.2 Å². The van der Waals surface area contributed by atoms with E-state index in [0.29, 0.717) is 24.9 Å². The normalized spacial score (nSPS) is 37.3. The van der Waals surface area contributed by atoms with Crippen LogP contribution in [0.5, 0.6) is 0 Å². The molecule has 0 unspecified atom stereocenters. The van der Waals surface area contributed by atoms with Crippen molar-refractivity contribution in [2.45, 2.75) is 105 Å². The first kappa shape index (κ1) is 22.6. The second-order valence-corrected chi connectivity index (χ2v) is 9.11. The largest absolute Gasteiger partial charge is 0.465 e. The lowest BCUT2D eigenvalue weighted by atomic mass is 9.96. The van der Waals surface area contributed by atoms with Crippen molar-refractivity contribution in [3.8, 4) is 0 Å². The van der Waals surface area contributed by atoms with Gasteiger partial charge in [-0.1, -0.05) is 33.6 Å². The molecular weight excluding hydrogens is 344 g/mol. The van der Waals surface area contributed by atoms with E-state index in [2.05, 4.69) is 27.7 Å². The zero-order valence-corrected chi connectivity index (χ0v) is 18.1. The van der Waals surface area contributed by atoms with Crippen LogP contribution in [-0.4, -0.2) is 42.3 Å². The molecular formula is C22H40O5. The third-order valence-corrected chi connectivity index (χ3v) is 6.74. The zero-order valence-electron chi connectivity index (χ0n) is 18.1. The molecule has 2 aliphatic rings. The minimum Gasteiger partial charge on any atom is -0.465 e. The molecule has 5 nitrogen and oxygen atoms in total. The maximum absolute atomic E-state index is 12.4. The molecule has 7 atom stereocenters. The molecule has 0 amide bonds. The SMILES string of the molecule is CCC(CC)COC(=O)[C@@]1(C)C[C@H]1CC[C@@H](C)O[C@@H]1O[C@@H](C)[C@H](O)C[C@H]1C. The molecule has 0 spiro atoms. The van der Waals surface area contributed by atoms with Crippen LogP contribution >= 0.6 is 0 Å². The number of hydrogen-bond donors (Lipinski definition) is 1. The Morgan fingerprint density at radius 2 is 1.96 bits per heavy atom. The van der Waals surface area contributed by atoms with Gasteiger partial charge in [0.2, 0.25) is 0 Å². The van der Waals surface area contributed by atoms with Gasteiger partial charge in [0.15, 0.2) is 6.29 Å². The first-order chi connectivity index (χ1) is 12.7. The Hall–Kier alpha value is -0.650. The predicted octanol–water partition coefficient (Wildman–Crippen LogP) is 4.31. The Balaban J connectivity index is 1.70. The average Bonchev–Trinajstić information content (AvgIpc) is 3.30. The molecule has 0 bridgehead atoms. The molecule has 1 N–H and O–H groups in total. The van der Waals surface area contributed by atoms with Crippen LogP contribution in [0.4, 0.5) is 0 Å². The molecule has 5 heteroatoms. The van der Waals surface area contributed by atoms with Gasteiger partial charge in [-0.05, 0) is 58.3 Å². The van der Waals surface area contributed by atoms with E-state index < -0.39 is 6.10 Å². The van der Waals surface area contributed by atoms with Crippen LogP contribution in [0.25, 0.3) is 0 Å². The summed E-state index contributed by atoms with van der Waals surface area (Å²) in [6.07, 6.45) is 4.83. The van der Waals surface area contributed by atoms with Gasteiger partial charge in [0.25, 0.3) is 0 Å². The molecule has 1 heterocycles.